The highest BCUT2D eigenvalue weighted by Crippen LogP contribution is 2.42. The third kappa shape index (κ3) is 4.58. The second-order valence-corrected chi connectivity index (χ2v) is 5.06. The number of rotatable bonds is 4. The number of carboxylic acid groups (broad SMARTS) is 1. The second-order valence-electron chi connectivity index (χ2n) is 4.62. The summed E-state index contributed by atoms with van der Waals surface area (Å²) in [7, 11) is 0. The van der Waals surface area contributed by atoms with E-state index in [1.54, 1.807) is 25.1 Å². The van der Waals surface area contributed by atoms with E-state index in [1.165, 1.54) is 12.1 Å². The Labute approximate surface area is 128 Å². The molecule has 0 saturated heterocycles. The summed E-state index contributed by atoms with van der Waals surface area (Å²) in [5.74, 6) is -1.12. The van der Waals surface area contributed by atoms with Gasteiger partial charge in [0.1, 0.15) is 5.54 Å². The molecule has 0 heterocycles. The first-order valence-corrected chi connectivity index (χ1v) is 6.80. The van der Waals surface area contributed by atoms with Crippen LogP contribution >= 0.6 is 11.6 Å². The maximum atomic E-state index is 11.1. The van der Waals surface area contributed by atoms with Gasteiger partial charge in [-0.2, -0.15) is 0 Å². The SMILES string of the molecule is C=C[C@@H]1C[C@]1(N)C(=O)OCC.O=C(O)c1ccc(Cl)cc1. The fourth-order valence-corrected chi connectivity index (χ4v) is 1.82. The van der Waals surface area contributed by atoms with Crippen molar-refractivity contribution in [3.05, 3.63) is 47.5 Å². The lowest BCUT2D eigenvalue weighted by Gasteiger charge is -2.07. The predicted molar refractivity (Wildman–Crippen MR) is 80.3 cm³/mol. The summed E-state index contributed by atoms with van der Waals surface area (Å²) in [4.78, 5) is 21.4. The zero-order valence-corrected chi connectivity index (χ0v) is 12.5. The third-order valence-corrected chi connectivity index (χ3v) is 3.34. The standard InChI is InChI=1S/C8H13NO2.C7H5ClO2/c1-3-6-5-8(6,9)7(10)11-4-2;8-6-3-1-5(2-4-6)7(9)10/h3,6H,1,4-5,9H2,2H3;1-4H,(H,9,10)/t6-,8-;/m1./s1. The average molecular weight is 312 g/mol. The first-order chi connectivity index (χ1) is 9.85. The lowest BCUT2D eigenvalue weighted by atomic mass is 10.2. The van der Waals surface area contributed by atoms with E-state index in [-0.39, 0.29) is 17.5 Å². The monoisotopic (exact) mass is 311 g/mol. The van der Waals surface area contributed by atoms with E-state index in [9.17, 15) is 9.59 Å². The number of ether oxygens (including phenoxy) is 1. The quantitative estimate of drug-likeness (QED) is 0.658. The summed E-state index contributed by atoms with van der Waals surface area (Å²) in [6.07, 6.45) is 2.38. The Balaban J connectivity index is 0.000000211. The highest BCUT2D eigenvalue weighted by Gasteiger charge is 2.56. The van der Waals surface area contributed by atoms with Crippen LogP contribution in [0.5, 0.6) is 0 Å². The molecule has 1 aromatic carbocycles. The van der Waals surface area contributed by atoms with Crippen molar-refractivity contribution in [2.45, 2.75) is 18.9 Å². The Morgan fingerprint density at radius 1 is 1.52 bits per heavy atom. The summed E-state index contributed by atoms with van der Waals surface area (Å²) in [5, 5.41) is 8.98. The molecule has 21 heavy (non-hydrogen) atoms. The van der Waals surface area contributed by atoms with E-state index in [4.69, 9.17) is 27.2 Å². The van der Waals surface area contributed by atoms with Gasteiger partial charge in [-0.1, -0.05) is 17.7 Å². The Morgan fingerprint density at radius 3 is 2.48 bits per heavy atom. The molecule has 0 radical (unpaired) electrons. The van der Waals surface area contributed by atoms with Crippen LogP contribution in [0.15, 0.2) is 36.9 Å². The summed E-state index contributed by atoms with van der Waals surface area (Å²) >= 11 is 5.52. The number of nitrogens with two attached hydrogens (primary N) is 1. The van der Waals surface area contributed by atoms with Crippen LogP contribution in [0, 0.1) is 5.92 Å². The van der Waals surface area contributed by atoms with Crippen LogP contribution in [0.4, 0.5) is 0 Å². The van der Waals surface area contributed by atoms with Gasteiger partial charge in [0, 0.05) is 10.9 Å². The summed E-state index contributed by atoms with van der Waals surface area (Å²) in [6.45, 7) is 5.73. The number of carbonyl (C=O) groups is 2. The molecule has 6 heteroatoms. The summed E-state index contributed by atoms with van der Waals surface area (Å²) in [5.41, 5.74) is 5.19. The minimum absolute atomic E-state index is 0.113. The lowest BCUT2D eigenvalue weighted by molar-refractivity contribution is -0.146. The van der Waals surface area contributed by atoms with Crippen molar-refractivity contribution in [2.75, 3.05) is 6.61 Å². The molecule has 5 nitrogen and oxygen atoms in total. The molecule has 2 atom stereocenters. The molecule has 1 saturated carbocycles. The number of hydrogen-bond donors (Lipinski definition) is 2. The minimum atomic E-state index is -0.934. The number of aromatic carboxylic acids is 1. The topological polar surface area (TPSA) is 89.6 Å². The van der Waals surface area contributed by atoms with Gasteiger partial charge in [-0.25, -0.2) is 4.79 Å². The number of carboxylic acids is 1. The second kappa shape index (κ2) is 7.24. The van der Waals surface area contributed by atoms with Crippen LogP contribution in [-0.2, 0) is 9.53 Å². The fourth-order valence-electron chi connectivity index (χ4n) is 1.69. The van der Waals surface area contributed by atoms with Crippen molar-refractivity contribution in [3.63, 3.8) is 0 Å². The van der Waals surface area contributed by atoms with Gasteiger partial charge in [-0.3, -0.25) is 4.79 Å². The third-order valence-electron chi connectivity index (χ3n) is 3.09. The molecular weight excluding hydrogens is 294 g/mol. The van der Waals surface area contributed by atoms with Gasteiger partial charge in [-0.05, 0) is 37.6 Å². The van der Waals surface area contributed by atoms with Crippen molar-refractivity contribution in [1.29, 1.82) is 0 Å². The van der Waals surface area contributed by atoms with Crippen LogP contribution in [0.25, 0.3) is 0 Å². The van der Waals surface area contributed by atoms with Crippen molar-refractivity contribution in [1.82, 2.24) is 0 Å². The van der Waals surface area contributed by atoms with Crippen molar-refractivity contribution in [2.24, 2.45) is 11.7 Å². The zero-order chi connectivity index (χ0) is 16.0. The fraction of sp³-hybridized carbons (Fsp3) is 0.333. The highest BCUT2D eigenvalue weighted by molar-refractivity contribution is 6.30. The number of carbonyl (C=O) groups excluding carboxylic acids is 1. The van der Waals surface area contributed by atoms with E-state index >= 15 is 0 Å². The van der Waals surface area contributed by atoms with Crippen molar-refractivity contribution in [3.8, 4) is 0 Å². The molecule has 3 N–H and O–H groups in total. The Bertz CT molecular complexity index is 529. The van der Waals surface area contributed by atoms with Gasteiger partial charge in [0.15, 0.2) is 0 Å². The van der Waals surface area contributed by atoms with Crippen molar-refractivity contribution < 1.29 is 19.4 Å². The maximum absolute atomic E-state index is 11.1. The maximum Gasteiger partial charge on any atom is 0.335 e. The largest absolute Gasteiger partial charge is 0.478 e. The number of hydrogen-bond acceptors (Lipinski definition) is 4. The molecule has 1 aliphatic rings. The van der Waals surface area contributed by atoms with E-state index in [1.807, 2.05) is 0 Å². The van der Waals surface area contributed by atoms with Gasteiger partial charge >= 0.3 is 11.9 Å². The highest BCUT2D eigenvalue weighted by atomic mass is 35.5. The van der Waals surface area contributed by atoms with Gasteiger partial charge in [0.25, 0.3) is 0 Å². The van der Waals surface area contributed by atoms with Gasteiger partial charge in [0.2, 0.25) is 0 Å². The van der Waals surface area contributed by atoms with Gasteiger partial charge in [0.05, 0.1) is 12.2 Å². The van der Waals surface area contributed by atoms with E-state index in [2.05, 4.69) is 6.58 Å². The molecule has 2 rings (SSSR count). The minimum Gasteiger partial charge on any atom is -0.478 e. The van der Waals surface area contributed by atoms with Crippen LogP contribution in [0.3, 0.4) is 0 Å². The molecule has 114 valence electrons. The van der Waals surface area contributed by atoms with Crippen molar-refractivity contribution >= 4 is 23.5 Å². The first-order valence-electron chi connectivity index (χ1n) is 6.42. The van der Waals surface area contributed by atoms with Crippen LogP contribution in [0.2, 0.25) is 5.02 Å². The number of esters is 1. The average Bonchev–Trinajstić information content (AvgIpc) is 3.13. The molecule has 0 aromatic heterocycles. The van der Waals surface area contributed by atoms with Crippen LogP contribution < -0.4 is 5.73 Å². The molecule has 1 aromatic rings. The normalized spacial score (nSPS) is 22.5. The molecule has 0 bridgehead atoms. The molecule has 0 amide bonds. The Hall–Kier alpha value is -1.85. The predicted octanol–water partition coefficient (Wildman–Crippen LogP) is 2.49. The Morgan fingerprint density at radius 2 is 2.10 bits per heavy atom. The summed E-state index contributed by atoms with van der Waals surface area (Å²) < 4.78 is 4.79. The van der Waals surface area contributed by atoms with Gasteiger partial charge < -0.3 is 15.6 Å². The number of halogens is 1. The van der Waals surface area contributed by atoms with E-state index < -0.39 is 11.5 Å². The Kier molecular flexibility index (Phi) is 5.93. The molecule has 1 aliphatic carbocycles. The number of benzene rings is 1. The zero-order valence-electron chi connectivity index (χ0n) is 11.7. The van der Waals surface area contributed by atoms with Crippen LogP contribution in [-0.4, -0.2) is 29.2 Å². The van der Waals surface area contributed by atoms with E-state index in [0.717, 1.165) is 0 Å². The van der Waals surface area contributed by atoms with Gasteiger partial charge in [-0.15, -0.1) is 6.58 Å². The molecule has 1 fully saturated rings. The smallest absolute Gasteiger partial charge is 0.335 e. The summed E-state index contributed by atoms with van der Waals surface area (Å²) in [6, 6.07) is 6.02. The molecule has 0 aliphatic heterocycles. The lowest BCUT2D eigenvalue weighted by Crippen LogP contribution is -2.36. The van der Waals surface area contributed by atoms with Crippen LogP contribution in [0.1, 0.15) is 23.7 Å². The molecular formula is C15H18ClNO4. The molecule has 0 spiro atoms. The molecule has 0 unspecified atom stereocenters. The van der Waals surface area contributed by atoms with E-state index in [0.29, 0.717) is 18.1 Å². The first kappa shape index (κ1) is 17.2.